The maximum Gasteiger partial charge on any atom is 0.354 e. The number of rotatable bonds is 22. The van der Waals surface area contributed by atoms with Crippen LogP contribution < -0.4 is 0 Å². The van der Waals surface area contributed by atoms with E-state index in [0.717, 1.165) is 12.8 Å². The average Bonchev–Trinajstić information content (AvgIpc) is 3.52. The van der Waals surface area contributed by atoms with Crippen LogP contribution in [0.25, 0.3) is 0 Å². The summed E-state index contributed by atoms with van der Waals surface area (Å²) in [4.78, 5) is 48.5. The standard InChI is InChI=1S/C40H69N3O14P2/c1-29(2)19-17-20-30(3)21-18-22-43-24-31(41-42-43)23-40(16,58(48,54-25-50-32(44)36(4,5)6)55-26-51-33(45)37(7,8)9)59(49,56-27-52-34(46)38(10,11)12)57-28-53-35(47)39(13,14)15/h19,21,24H,17-18,20,22-23,25-28H2,1-16H3/b30-21-. The van der Waals surface area contributed by atoms with Gasteiger partial charge in [0.1, 0.15) is 0 Å². The molecular weight excluding hydrogens is 808 g/mol. The molecule has 0 saturated carbocycles. The predicted octanol–water partition coefficient (Wildman–Crippen LogP) is 9.26. The molecule has 0 amide bonds. The van der Waals surface area contributed by atoms with Gasteiger partial charge in [-0.2, -0.15) is 0 Å². The summed E-state index contributed by atoms with van der Waals surface area (Å²) in [5.41, 5.74) is -1.48. The number of nitrogens with zero attached hydrogens (tertiary/aromatic N) is 3. The van der Waals surface area contributed by atoms with E-state index < -0.39 is 99.2 Å². The molecule has 19 heteroatoms. The first-order chi connectivity index (χ1) is 26.8. The van der Waals surface area contributed by atoms with Gasteiger partial charge in [-0.3, -0.25) is 51.1 Å². The van der Waals surface area contributed by atoms with Gasteiger partial charge < -0.3 is 18.9 Å². The van der Waals surface area contributed by atoms with E-state index >= 15 is 9.13 Å². The van der Waals surface area contributed by atoms with Crippen molar-refractivity contribution in [2.45, 2.75) is 148 Å². The molecule has 1 rings (SSSR count). The van der Waals surface area contributed by atoms with Crippen LogP contribution in [0.5, 0.6) is 0 Å². The van der Waals surface area contributed by atoms with Crippen molar-refractivity contribution < 1.29 is 65.4 Å². The van der Waals surface area contributed by atoms with Gasteiger partial charge >= 0.3 is 39.1 Å². The number of carbonyl (C=O) groups excluding carboxylic acids is 4. The molecular formula is C40H69N3O14P2. The van der Waals surface area contributed by atoms with Gasteiger partial charge in [0.2, 0.25) is 27.2 Å². The van der Waals surface area contributed by atoms with E-state index in [1.807, 2.05) is 20.8 Å². The lowest BCUT2D eigenvalue weighted by Crippen LogP contribution is -2.35. The van der Waals surface area contributed by atoms with Gasteiger partial charge in [0.15, 0.2) is 4.90 Å². The van der Waals surface area contributed by atoms with Crippen molar-refractivity contribution in [3.05, 3.63) is 35.2 Å². The largest absolute Gasteiger partial charge is 0.438 e. The average molecular weight is 878 g/mol. The molecule has 17 nitrogen and oxygen atoms in total. The molecule has 0 bridgehead atoms. The van der Waals surface area contributed by atoms with Crippen LogP contribution >= 0.6 is 15.2 Å². The van der Waals surface area contributed by atoms with E-state index in [1.165, 1.54) is 28.9 Å². The molecule has 0 unspecified atom stereocenters. The number of aryl methyl sites for hydroxylation is 1. The lowest BCUT2D eigenvalue weighted by Gasteiger charge is -2.39. The van der Waals surface area contributed by atoms with E-state index in [0.29, 0.717) is 13.0 Å². The second-order valence-electron chi connectivity index (χ2n) is 18.7. The Morgan fingerprint density at radius 2 is 0.949 bits per heavy atom. The summed E-state index contributed by atoms with van der Waals surface area (Å²) < 4.78 is 76.4. The van der Waals surface area contributed by atoms with Crippen molar-refractivity contribution in [3.8, 4) is 0 Å². The molecule has 0 aliphatic rings. The van der Waals surface area contributed by atoms with Crippen molar-refractivity contribution in [3.63, 3.8) is 0 Å². The van der Waals surface area contributed by atoms with Gasteiger partial charge in [0, 0.05) is 19.2 Å². The number of allylic oxidation sites excluding steroid dienone is 4. The molecule has 1 aromatic rings. The number of hydrogen-bond donors (Lipinski definition) is 0. The summed E-state index contributed by atoms with van der Waals surface area (Å²) in [5.74, 6) is -2.97. The van der Waals surface area contributed by atoms with Gasteiger partial charge in [-0.1, -0.05) is 28.5 Å². The van der Waals surface area contributed by atoms with Crippen molar-refractivity contribution >= 4 is 39.1 Å². The zero-order valence-electron chi connectivity index (χ0n) is 38.0. The lowest BCUT2D eigenvalue weighted by molar-refractivity contribution is -0.163. The third-order valence-electron chi connectivity index (χ3n) is 8.32. The Hall–Kier alpha value is -3.20. The third kappa shape index (κ3) is 17.7. The Bertz CT molecular complexity index is 1580. The van der Waals surface area contributed by atoms with Crippen LogP contribution in [-0.4, -0.2) is 70.9 Å². The molecule has 0 spiro atoms. The molecule has 0 atom stereocenters. The van der Waals surface area contributed by atoms with Gasteiger partial charge in [0.05, 0.1) is 27.4 Å². The van der Waals surface area contributed by atoms with Gasteiger partial charge in [-0.05, 0) is 130 Å². The van der Waals surface area contributed by atoms with Gasteiger partial charge in [-0.15, -0.1) is 5.10 Å². The van der Waals surface area contributed by atoms with E-state index in [9.17, 15) is 19.2 Å². The van der Waals surface area contributed by atoms with E-state index in [4.69, 9.17) is 37.0 Å². The topological polar surface area (TPSA) is 207 Å². The normalized spacial score (nSPS) is 13.5. The maximum absolute atomic E-state index is 15.4. The molecule has 0 aliphatic heterocycles. The number of carbonyl (C=O) groups is 4. The lowest BCUT2D eigenvalue weighted by atomic mass is 9.98. The molecule has 1 aromatic heterocycles. The second kappa shape index (κ2) is 22.1. The highest BCUT2D eigenvalue weighted by Gasteiger charge is 2.63. The number of ether oxygens (including phenoxy) is 4. The number of aromatic nitrogens is 3. The minimum Gasteiger partial charge on any atom is -0.438 e. The molecule has 59 heavy (non-hydrogen) atoms. The van der Waals surface area contributed by atoms with Crippen molar-refractivity contribution in [2.75, 3.05) is 27.2 Å². The Morgan fingerprint density at radius 1 is 0.593 bits per heavy atom. The smallest absolute Gasteiger partial charge is 0.354 e. The summed E-state index contributed by atoms with van der Waals surface area (Å²) >= 11 is 0. The van der Waals surface area contributed by atoms with Crippen LogP contribution in [-0.2, 0) is 78.3 Å². The first kappa shape index (κ1) is 53.8. The molecule has 338 valence electrons. The molecule has 0 N–H and O–H groups in total. The molecule has 0 saturated heterocycles. The van der Waals surface area contributed by atoms with E-state index in [1.54, 1.807) is 83.1 Å². The quantitative estimate of drug-likeness (QED) is 0.0350. The summed E-state index contributed by atoms with van der Waals surface area (Å²) in [6.07, 6.45) is 7.61. The first-order valence-corrected chi connectivity index (χ1v) is 22.5. The Labute approximate surface area is 350 Å². The highest BCUT2D eigenvalue weighted by molar-refractivity contribution is 7.74. The minimum absolute atomic E-state index is 0.105. The van der Waals surface area contributed by atoms with Crippen LogP contribution in [0.15, 0.2) is 29.5 Å². The number of hydrogen-bond acceptors (Lipinski definition) is 16. The van der Waals surface area contributed by atoms with Gasteiger partial charge in [0.25, 0.3) is 0 Å². The molecule has 0 aromatic carbocycles. The van der Waals surface area contributed by atoms with E-state index in [2.05, 4.69) is 22.5 Å². The molecule has 0 fully saturated rings. The maximum atomic E-state index is 15.4. The zero-order valence-corrected chi connectivity index (χ0v) is 39.8. The fourth-order valence-corrected chi connectivity index (χ4v) is 9.07. The summed E-state index contributed by atoms with van der Waals surface area (Å²) in [7, 11) is -10.2. The van der Waals surface area contributed by atoms with Crippen molar-refractivity contribution in [2.24, 2.45) is 21.7 Å². The van der Waals surface area contributed by atoms with Crippen LogP contribution in [0, 0.1) is 21.7 Å². The fraction of sp³-hybridized carbons (Fsp3) is 0.750. The van der Waals surface area contributed by atoms with Crippen LogP contribution in [0.4, 0.5) is 0 Å². The Balaban J connectivity index is 3.89. The minimum atomic E-state index is -5.12. The Kier molecular flexibility index (Phi) is 20.1. The monoisotopic (exact) mass is 877 g/mol. The van der Waals surface area contributed by atoms with Gasteiger partial charge in [-0.25, -0.2) is 0 Å². The molecule has 1 heterocycles. The fourth-order valence-electron chi connectivity index (χ4n) is 4.44. The zero-order chi connectivity index (χ0) is 45.7. The Morgan fingerprint density at radius 3 is 1.27 bits per heavy atom. The first-order valence-electron chi connectivity index (χ1n) is 19.4. The third-order valence-corrected chi connectivity index (χ3v) is 14.3. The number of esters is 4. The summed E-state index contributed by atoms with van der Waals surface area (Å²) in [5, 5.41) is 8.44. The molecule has 0 aliphatic carbocycles. The SMILES string of the molecule is CC(C)=CCC/C(C)=C\CCn1cc(CC(C)(P(=O)(OCOC(=O)C(C)(C)C)OCOC(=O)C(C)(C)C)P(=O)(OCOC(=O)C(C)(C)C)OCOC(=O)C(C)(C)C)nn1. The highest BCUT2D eigenvalue weighted by Crippen LogP contribution is 2.78. The molecule has 0 radical (unpaired) electrons. The van der Waals surface area contributed by atoms with Crippen molar-refractivity contribution in [1.29, 1.82) is 0 Å². The van der Waals surface area contributed by atoms with Crippen molar-refractivity contribution in [1.82, 2.24) is 15.0 Å². The van der Waals surface area contributed by atoms with E-state index in [-0.39, 0.29) is 5.69 Å². The summed E-state index contributed by atoms with van der Waals surface area (Å²) in [6, 6.07) is 0. The predicted molar refractivity (Wildman–Crippen MR) is 220 cm³/mol. The highest BCUT2D eigenvalue weighted by atomic mass is 31.2. The van der Waals surface area contributed by atoms with Crippen LogP contribution in [0.3, 0.4) is 0 Å². The van der Waals surface area contributed by atoms with Crippen LogP contribution in [0.2, 0.25) is 0 Å². The summed E-state index contributed by atoms with van der Waals surface area (Å²) in [6.45, 7) is 22.8. The second-order valence-corrected chi connectivity index (χ2v) is 24.1. The van der Waals surface area contributed by atoms with Crippen LogP contribution in [0.1, 0.15) is 136 Å².